The lowest BCUT2D eigenvalue weighted by atomic mass is 10.3. The Bertz CT molecular complexity index is 1040. The van der Waals surface area contributed by atoms with E-state index in [1.54, 1.807) is 29.2 Å². The Morgan fingerprint density at radius 3 is 2.57 bits per heavy atom. The Kier molecular flexibility index (Phi) is 6.18. The Balaban J connectivity index is 1.44. The Labute approximate surface area is 179 Å². The van der Waals surface area contributed by atoms with Crippen LogP contribution >= 0.6 is 11.6 Å². The average molecular weight is 427 g/mol. The number of hydrogen-bond acceptors (Lipinski definition) is 4. The zero-order valence-electron chi connectivity index (χ0n) is 16.5. The maximum Gasteiger partial charge on any atom is 0.241 e. The van der Waals surface area contributed by atoms with Crippen LogP contribution in [0.4, 0.5) is 0 Å². The molecule has 2 amide bonds. The van der Waals surface area contributed by atoms with E-state index in [0.717, 1.165) is 37.0 Å². The normalized spacial score (nSPS) is 13.6. The molecule has 1 aromatic heterocycles. The van der Waals surface area contributed by atoms with E-state index in [9.17, 15) is 9.59 Å². The molecule has 1 N–H and O–H groups in total. The fraction of sp³-hybridized carbons (Fsp3) is 0.318. The molecule has 1 fully saturated rings. The summed E-state index contributed by atoms with van der Waals surface area (Å²) in [5.74, 6) is 1.02. The summed E-state index contributed by atoms with van der Waals surface area (Å²) in [5.41, 5.74) is 1.63. The summed E-state index contributed by atoms with van der Waals surface area (Å²) in [4.78, 5) is 31.1. The van der Waals surface area contributed by atoms with Crippen LogP contribution < -0.4 is 10.1 Å². The second-order valence-corrected chi connectivity index (χ2v) is 7.65. The van der Waals surface area contributed by atoms with Crippen molar-refractivity contribution in [2.75, 3.05) is 19.6 Å². The van der Waals surface area contributed by atoms with Gasteiger partial charge in [-0.3, -0.25) is 9.59 Å². The number of rotatable bonds is 7. The standard InChI is InChI=1S/C22H23ClN4O3/c23-16-7-9-17(10-8-16)30-15-20-25-18-5-1-2-6-19(18)27(20)14-21(28)24-13-22(29)26-11-3-4-12-26/h1-2,5-10H,3-4,11-15H2,(H,24,28). The number of ether oxygens (including phenoxy) is 1. The smallest absolute Gasteiger partial charge is 0.241 e. The third kappa shape index (κ3) is 4.74. The van der Waals surface area contributed by atoms with Crippen molar-refractivity contribution < 1.29 is 14.3 Å². The van der Waals surface area contributed by atoms with Gasteiger partial charge in [0.25, 0.3) is 0 Å². The monoisotopic (exact) mass is 426 g/mol. The van der Waals surface area contributed by atoms with Crippen LogP contribution in [0.5, 0.6) is 5.75 Å². The van der Waals surface area contributed by atoms with E-state index in [2.05, 4.69) is 10.3 Å². The quantitative estimate of drug-likeness (QED) is 0.630. The first-order chi connectivity index (χ1) is 14.6. The number of benzene rings is 2. The van der Waals surface area contributed by atoms with Gasteiger partial charge in [-0.05, 0) is 49.2 Å². The van der Waals surface area contributed by atoms with Crippen LogP contribution in [0, 0.1) is 0 Å². The Morgan fingerprint density at radius 2 is 1.80 bits per heavy atom. The van der Waals surface area contributed by atoms with E-state index in [1.807, 2.05) is 28.8 Å². The summed E-state index contributed by atoms with van der Waals surface area (Å²) in [6.07, 6.45) is 2.05. The van der Waals surface area contributed by atoms with Crippen LogP contribution in [0.2, 0.25) is 5.02 Å². The van der Waals surface area contributed by atoms with Crippen molar-refractivity contribution in [3.8, 4) is 5.75 Å². The number of likely N-dealkylation sites (tertiary alicyclic amines) is 1. The van der Waals surface area contributed by atoms with Crippen molar-refractivity contribution in [2.24, 2.45) is 0 Å². The predicted molar refractivity (Wildman–Crippen MR) is 114 cm³/mol. The highest BCUT2D eigenvalue weighted by molar-refractivity contribution is 6.30. The molecule has 2 heterocycles. The summed E-state index contributed by atoms with van der Waals surface area (Å²) in [5, 5.41) is 3.37. The number of para-hydroxylation sites is 2. The molecule has 7 nitrogen and oxygen atoms in total. The number of halogens is 1. The molecule has 0 unspecified atom stereocenters. The van der Waals surface area contributed by atoms with E-state index in [4.69, 9.17) is 16.3 Å². The highest BCUT2D eigenvalue weighted by Gasteiger charge is 2.19. The fourth-order valence-corrected chi connectivity index (χ4v) is 3.67. The average Bonchev–Trinajstić information content (AvgIpc) is 3.41. The molecule has 8 heteroatoms. The highest BCUT2D eigenvalue weighted by Crippen LogP contribution is 2.20. The number of aromatic nitrogens is 2. The van der Waals surface area contributed by atoms with Crippen LogP contribution in [0.3, 0.4) is 0 Å². The Hall–Kier alpha value is -3.06. The van der Waals surface area contributed by atoms with Gasteiger partial charge >= 0.3 is 0 Å². The minimum Gasteiger partial charge on any atom is -0.486 e. The lowest BCUT2D eigenvalue weighted by molar-refractivity contribution is -0.132. The maximum absolute atomic E-state index is 12.6. The van der Waals surface area contributed by atoms with E-state index < -0.39 is 0 Å². The number of nitrogens with one attached hydrogen (secondary N) is 1. The van der Waals surface area contributed by atoms with Gasteiger partial charge in [-0.2, -0.15) is 0 Å². The van der Waals surface area contributed by atoms with Crippen LogP contribution in [0.1, 0.15) is 18.7 Å². The molecule has 0 spiro atoms. The van der Waals surface area contributed by atoms with Crippen LogP contribution in [-0.4, -0.2) is 45.9 Å². The number of carbonyl (C=O) groups is 2. The first-order valence-corrected chi connectivity index (χ1v) is 10.3. The molecule has 2 aromatic carbocycles. The van der Waals surface area contributed by atoms with Crippen LogP contribution in [0.25, 0.3) is 11.0 Å². The van der Waals surface area contributed by atoms with Gasteiger partial charge in [-0.1, -0.05) is 23.7 Å². The van der Waals surface area contributed by atoms with E-state index in [0.29, 0.717) is 16.6 Å². The molecule has 0 atom stereocenters. The molecule has 156 valence electrons. The van der Waals surface area contributed by atoms with Gasteiger partial charge < -0.3 is 19.5 Å². The van der Waals surface area contributed by atoms with Crippen molar-refractivity contribution in [3.05, 3.63) is 59.4 Å². The molecule has 1 saturated heterocycles. The first kappa shape index (κ1) is 20.2. The van der Waals surface area contributed by atoms with Crippen molar-refractivity contribution in [2.45, 2.75) is 26.0 Å². The van der Waals surface area contributed by atoms with Gasteiger partial charge in [-0.15, -0.1) is 0 Å². The second kappa shape index (κ2) is 9.17. The zero-order chi connectivity index (χ0) is 20.9. The van der Waals surface area contributed by atoms with Crippen LogP contribution in [-0.2, 0) is 22.7 Å². The van der Waals surface area contributed by atoms with Crippen molar-refractivity contribution >= 4 is 34.4 Å². The number of carbonyl (C=O) groups excluding carboxylic acids is 2. The molecule has 30 heavy (non-hydrogen) atoms. The minimum atomic E-state index is -0.238. The third-order valence-electron chi connectivity index (χ3n) is 5.11. The van der Waals surface area contributed by atoms with Crippen molar-refractivity contribution in [1.29, 1.82) is 0 Å². The molecular weight excluding hydrogens is 404 g/mol. The molecule has 4 rings (SSSR count). The Morgan fingerprint density at radius 1 is 1.07 bits per heavy atom. The summed E-state index contributed by atoms with van der Waals surface area (Å²) >= 11 is 5.91. The van der Waals surface area contributed by atoms with Gasteiger partial charge in [0.15, 0.2) is 0 Å². The molecule has 1 aliphatic heterocycles. The van der Waals surface area contributed by atoms with Gasteiger partial charge in [0.2, 0.25) is 11.8 Å². The number of amides is 2. The van der Waals surface area contributed by atoms with Gasteiger partial charge in [0.1, 0.15) is 24.7 Å². The number of fused-ring (bicyclic) bond motifs is 1. The van der Waals surface area contributed by atoms with E-state index >= 15 is 0 Å². The summed E-state index contributed by atoms with van der Waals surface area (Å²) < 4.78 is 7.65. The largest absolute Gasteiger partial charge is 0.486 e. The lowest BCUT2D eigenvalue weighted by Crippen LogP contribution is -2.39. The molecule has 0 saturated carbocycles. The van der Waals surface area contributed by atoms with Crippen molar-refractivity contribution in [1.82, 2.24) is 19.8 Å². The van der Waals surface area contributed by atoms with Crippen molar-refractivity contribution in [3.63, 3.8) is 0 Å². The summed E-state index contributed by atoms with van der Waals surface area (Å²) in [6, 6.07) is 14.7. The van der Waals surface area contributed by atoms with Gasteiger partial charge in [0, 0.05) is 18.1 Å². The zero-order valence-corrected chi connectivity index (χ0v) is 17.3. The highest BCUT2D eigenvalue weighted by atomic mass is 35.5. The second-order valence-electron chi connectivity index (χ2n) is 7.21. The molecular formula is C22H23ClN4O3. The number of imidazole rings is 1. The number of hydrogen-bond donors (Lipinski definition) is 1. The number of nitrogens with zero attached hydrogens (tertiary/aromatic N) is 3. The minimum absolute atomic E-state index is 0.0159. The predicted octanol–water partition coefficient (Wildman–Crippen LogP) is 3.01. The van der Waals surface area contributed by atoms with Gasteiger partial charge in [0.05, 0.1) is 17.6 Å². The maximum atomic E-state index is 12.6. The SMILES string of the molecule is O=C(Cn1c(COc2ccc(Cl)cc2)nc2ccccc21)NCC(=O)N1CCCC1. The van der Waals surface area contributed by atoms with E-state index in [-0.39, 0.29) is 31.5 Å². The van der Waals surface area contributed by atoms with Crippen LogP contribution in [0.15, 0.2) is 48.5 Å². The molecule has 1 aliphatic rings. The summed E-state index contributed by atoms with van der Waals surface area (Å²) in [6.45, 7) is 1.82. The first-order valence-electron chi connectivity index (χ1n) is 9.97. The molecule has 0 radical (unpaired) electrons. The van der Waals surface area contributed by atoms with Gasteiger partial charge in [-0.25, -0.2) is 4.98 Å². The lowest BCUT2D eigenvalue weighted by Gasteiger charge is -2.16. The molecule has 0 bridgehead atoms. The summed E-state index contributed by atoms with van der Waals surface area (Å²) in [7, 11) is 0. The van der Waals surface area contributed by atoms with E-state index in [1.165, 1.54) is 0 Å². The molecule has 0 aliphatic carbocycles. The topological polar surface area (TPSA) is 76.5 Å². The fourth-order valence-electron chi connectivity index (χ4n) is 3.54. The molecule has 3 aromatic rings. The third-order valence-corrected chi connectivity index (χ3v) is 5.36.